The van der Waals surface area contributed by atoms with Crippen molar-refractivity contribution in [2.24, 2.45) is 5.10 Å². The second kappa shape index (κ2) is 7.48. The van der Waals surface area contributed by atoms with Gasteiger partial charge in [-0.3, -0.25) is 5.01 Å². The van der Waals surface area contributed by atoms with Crippen LogP contribution in [0.4, 0.5) is 5.69 Å². The third kappa shape index (κ3) is 3.36. The molecule has 4 rings (SSSR count). The zero-order valence-corrected chi connectivity index (χ0v) is 15.0. The number of hydrogen-bond acceptors (Lipinski definition) is 4. The monoisotopic (exact) mass is 345 g/mol. The number of hydrogen-bond donors (Lipinski definition) is 0. The Morgan fingerprint density at radius 2 is 1.58 bits per heavy atom. The number of anilines is 1. The van der Waals surface area contributed by atoms with Crippen molar-refractivity contribution in [2.75, 3.05) is 38.2 Å². The number of hydrazone groups is 1. The van der Waals surface area contributed by atoms with Crippen LogP contribution in [0.25, 0.3) is 10.8 Å². The van der Waals surface area contributed by atoms with Gasteiger partial charge in [-0.05, 0) is 22.9 Å². The quantitative estimate of drug-likeness (QED) is 0.669. The standard InChI is InChI=1S/C22H23N3O/c1-26-22-12-5-4-11-21(22)24-13-15-25(16-14-24)23-17-19-9-6-8-18-7-2-3-10-20(18)19/h2-12,17H,13-16H2,1H3/b23-17-. The summed E-state index contributed by atoms with van der Waals surface area (Å²) in [5, 5.41) is 9.36. The maximum atomic E-state index is 5.49. The number of piperazine rings is 1. The summed E-state index contributed by atoms with van der Waals surface area (Å²) >= 11 is 0. The van der Waals surface area contributed by atoms with Gasteiger partial charge in [0.2, 0.25) is 0 Å². The van der Waals surface area contributed by atoms with Gasteiger partial charge in [0.05, 0.1) is 32.1 Å². The SMILES string of the molecule is COc1ccccc1N1CCN(/N=C\c2cccc3ccccc23)CC1. The molecule has 3 aromatic rings. The minimum absolute atomic E-state index is 0.902. The first-order chi connectivity index (χ1) is 12.8. The molecular formula is C22H23N3O. The zero-order valence-electron chi connectivity index (χ0n) is 15.0. The molecule has 1 saturated heterocycles. The van der Waals surface area contributed by atoms with Crippen molar-refractivity contribution in [3.8, 4) is 5.75 Å². The van der Waals surface area contributed by atoms with Gasteiger partial charge < -0.3 is 9.64 Å². The predicted molar refractivity (Wildman–Crippen MR) is 108 cm³/mol. The van der Waals surface area contributed by atoms with Crippen LogP contribution in [-0.4, -0.2) is 44.5 Å². The van der Waals surface area contributed by atoms with Gasteiger partial charge in [-0.15, -0.1) is 0 Å². The van der Waals surface area contributed by atoms with E-state index in [4.69, 9.17) is 9.84 Å². The third-order valence-electron chi connectivity index (χ3n) is 4.87. The molecule has 0 aliphatic carbocycles. The molecular weight excluding hydrogens is 322 g/mol. The van der Waals surface area contributed by atoms with Crippen LogP contribution in [-0.2, 0) is 0 Å². The van der Waals surface area contributed by atoms with Gasteiger partial charge in [-0.25, -0.2) is 0 Å². The molecule has 26 heavy (non-hydrogen) atoms. The highest BCUT2D eigenvalue weighted by Gasteiger charge is 2.18. The molecule has 1 aliphatic heterocycles. The van der Waals surface area contributed by atoms with E-state index in [1.807, 2.05) is 18.3 Å². The number of ether oxygens (including phenoxy) is 1. The number of rotatable bonds is 4. The summed E-state index contributed by atoms with van der Waals surface area (Å²) in [6, 6.07) is 23.0. The molecule has 0 bridgehead atoms. The number of para-hydroxylation sites is 2. The molecule has 3 aromatic carbocycles. The minimum atomic E-state index is 0.902. The zero-order chi connectivity index (χ0) is 17.8. The average Bonchev–Trinajstić information content (AvgIpc) is 2.72. The molecule has 0 N–H and O–H groups in total. The highest BCUT2D eigenvalue weighted by Crippen LogP contribution is 2.28. The fraction of sp³-hybridized carbons (Fsp3) is 0.227. The molecule has 0 aromatic heterocycles. The van der Waals surface area contributed by atoms with Crippen molar-refractivity contribution >= 4 is 22.7 Å². The highest BCUT2D eigenvalue weighted by molar-refractivity contribution is 5.99. The van der Waals surface area contributed by atoms with Gasteiger partial charge in [0.1, 0.15) is 5.75 Å². The molecule has 4 nitrogen and oxygen atoms in total. The van der Waals surface area contributed by atoms with Gasteiger partial charge in [0.25, 0.3) is 0 Å². The smallest absolute Gasteiger partial charge is 0.142 e. The van der Waals surface area contributed by atoms with Crippen molar-refractivity contribution in [1.82, 2.24) is 5.01 Å². The van der Waals surface area contributed by atoms with Crippen molar-refractivity contribution in [2.45, 2.75) is 0 Å². The molecule has 0 saturated carbocycles. The van der Waals surface area contributed by atoms with E-state index >= 15 is 0 Å². The predicted octanol–water partition coefficient (Wildman–Crippen LogP) is 4.00. The molecule has 4 heteroatoms. The lowest BCUT2D eigenvalue weighted by atomic mass is 10.1. The Bertz CT molecular complexity index is 909. The maximum absolute atomic E-state index is 5.49. The normalized spacial score (nSPS) is 15.0. The largest absolute Gasteiger partial charge is 0.495 e. The summed E-state index contributed by atoms with van der Waals surface area (Å²) in [6.45, 7) is 3.68. The summed E-state index contributed by atoms with van der Waals surface area (Å²) in [6.07, 6.45) is 1.99. The van der Waals surface area contributed by atoms with Crippen molar-refractivity contribution in [3.63, 3.8) is 0 Å². The van der Waals surface area contributed by atoms with E-state index in [1.54, 1.807) is 7.11 Å². The number of nitrogens with zero attached hydrogens (tertiary/aromatic N) is 3. The Balaban J connectivity index is 1.44. The Morgan fingerprint density at radius 1 is 0.846 bits per heavy atom. The van der Waals surface area contributed by atoms with E-state index in [0.29, 0.717) is 0 Å². The molecule has 1 fully saturated rings. The van der Waals surface area contributed by atoms with Gasteiger partial charge in [-0.1, -0.05) is 54.6 Å². The van der Waals surface area contributed by atoms with Crippen LogP contribution in [0, 0.1) is 0 Å². The fourth-order valence-corrected chi connectivity index (χ4v) is 3.45. The van der Waals surface area contributed by atoms with E-state index < -0.39 is 0 Å². The average molecular weight is 345 g/mol. The van der Waals surface area contributed by atoms with Crippen molar-refractivity contribution < 1.29 is 4.74 Å². The highest BCUT2D eigenvalue weighted by atomic mass is 16.5. The molecule has 0 atom stereocenters. The molecule has 0 unspecified atom stereocenters. The number of benzene rings is 3. The Morgan fingerprint density at radius 3 is 2.42 bits per heavy atom. The summed E-state index contributed by atoms with van der Waals surface area (Å²) < 4.78 is 5.49. The molecule has 0 radical (unpaired) electrons. The molecule has 1 heterocycles. The number of methoxy groups -OCH3 is 1. The fourth-order valence-electron chi connectivity index (χ4n) is 3.45. The van der Waals surface area contributed by atoms with Gasteiger partial charge in [0, 0.05) is 18.7 Å². The molecule has 132 valence electrons. The summed E-state index contributed by atoms with van der Waals surface area (Å²) in [4.78, 5) is 2.36. The second-order valence-corrected chi connectivity index (χ2v) is 6.43. The van der Waals surface area contributed by atoms with E-state index in [9.17, 15) is 0 Å². The first kappa shape index (κ1) is 16.5. The van der Waals surface area contributed by atoms with Crippen molar-refractivity contribution in [1.29, 1.82) is 0 Å². The molecule has 1 aliphatic rings. The molecule has 0 amide bonds. The van der Waals surface area contributed by atoms with Gasteiger partial charge in [-0.2, -0.15) is 5.10 Å². The Hall–Kier alpha value is -3.01. The lowest BCUT2D eigenvalue weighted by molar-refractivity contribution is 0.271. The first-order valence-corrected chi connectivity index (χ1v) is 9.00. The van der Waals surface area contributed by atoms with Crippen molar-refractivity contribution in [3.05, 3.63) is 72.3 Å². The van der Waals surface area contributed by atoms with Crippen LogP contribution >= 0.6 is 0 Å². The van der Waals surface area contributed by atoms with E-state index in [-0.39, 0.29) is 0 Å². The maximum Gasteiger partial charge on any atom is 0.142 e. The van der Waals surface area contributed by atoms with Crippen LogP contribution in [0.1, 0.15) is 5.56 Å². The van der Waals surface area contributed by atoms with Crippen LogP contribution < -0.4 is 9.64 Å². The summed E-state index contributed by atoms with van der Waals surface area (Å²) in [5.74, 6) is 0.931. The van der Waals surface area contributed by atoms with Crippen LogP contribution in [0.3, 0.4) is 0 Å². The van der Waals surface area contributed by atoms with Crippen LogP contribution in [0.15, 0.2) is 71.8 Å². The minimum Gasteiger partial charge on any atom is -0.495 e. The summed E-state index contributed by atoms with van der Waals surface area (Å²) in [7, 11) is 1.73. The topological polar surface area (TPSA) is 28.1 Å². The van der Waals surface area contributed by atoms with E-state index in [0.717, 1.165) is 43.2 Å². The lowest BCUT2D eigenvalue weighted by Gasteiger charge is -2.35. The third-order valence-corrected chi connectivity index (χ3v) is 4.87. The van der Waals surface area contributed by atoms with E-state index in [1.165, 1.54) is 10.8 Å². The molecule has 0 spiro atoms. The van der Waals surface area contributed by atoms with E-state index in [2.05, 4.69) is 64.5 Å². The van der Waals surface area contributed by atoms with Crippen LogP contribution in [0.2, 0.25) is 0 Å². The second-order valence-electron chi connectivity index (χ2n) is 6.43. The summed E-state index contributed by atoms with van der Waals surface area (Å²) in [5.41, 5.74) is 2.32. The lowest BCUT2D eigenvalue weighted by Crippen LogP contribution is -2.44. The first-order valence-electron chi connectivity index (χ1n) is 9.00. The van der Waals surface area contributed by atoms with Crippen LogP contribution in [0.5, 0.6) is 5.75 Å². The number of fused-ring (bicyclic) bond motifs is 1. The van der Waals surface area contributed by atoms with Gasteiger partial charge >= 0.3 is 0 Å². The van der Waals surface area contributed by atoms with Gasteiger partial charge in [0.15, 0.2) is 0 Å². The Kier molecular flexibility index (Phi) is 4.73. The Labute approximate surface area is 154 Å².